The van der Waals surface area contributed by atoms with E-state index in [-0.39, 0.29) is 17.8 Å². The third-order valence-corrected chi connectivity index (χ3v) is 4.28. The summed E-state index contributed by atoms with van der Waals surface area (Å²) >= 11 is 3.20. The summed E-state index contributed by atoms with van der Waals surface area (Å²) in [7, 11) is 0. The van der Waals surface area contributed by atoms with Crippen molar-refractivity contribution in [2.24, 2.45) is 0 Å². The molecule has 0 aliphatic carbocycles. The molecule has 0 aliphatic heterocycles. The van der Waals surface area contributed by atoms with Crippen LogP contribution in [0.4, 0.5) is 4.39 Å². The molecular weight excluding hydrogens is 361 g/mol. The molecule has 1 aromatic heterocycles. The molecule has 1 heterocycles. The van der Waals surface area contributed by atoms with Crippen molar-refractivity contribution in [2.75, 3.05) is 0 Å². The maximum absolute atomic E-state index is 13.4. The Balaban J connectivity index is 2.01. The third kappa shape index (κ3) is 3.12. The van der Waals surface area contributed by atoms with Gasteiger partial charge in [0.25, 0.3) is 0 Å². The van der Waals surface area contributed by atoms with Gasteiger partial charge in [-0.15, -0.1) is 0 Å². The Labute approximate surface area is 141 Å². The maximum Gasteiger partial charge on any atom is 0.217 e. The second-order valence-corrected chi connectivity index (χ2v) is 6.24. The fourth-order valence-corrected chi connectivity index (χ4v) is 2.89. The molecule has 0 aliphatic rings. The minimum atomic E-state index is -0.301. The number of nitrogens with zero attached hydrogens (tertiary/aromatic N) is 2. The van der Waals surface area contributed by atoms with Crippen molar-refractivity contribution in [3.8, 4) is 5.69 Å². The van der Waals surface area contributed by atoms with Crippen LogP contribution in [0.15, 0.2) is 47.2 Å². The lowest BCUT2D eigenvalue weighted by atomic mass is 10.1. The van der Waals surface area contributed by atoms with Gasteiger partial charge in [-0.05, 0) is 58.7 Å². The fraction of sp³-hybridized carbons (Fsp3) is 0.176. The van der Waals surface area contributed by atoms with Crippen LogP contribution in [-0.2, 0) is 4.79 Å². The summed E-state index contributed by atoms with van der Waals surface area (Å²) in [5.74, 6) is -0.371. The van der Waals surface area contributed by atoms with E-state index in [1.54, 1.807) is 18.5 Å². The van der Waals surface area contributed by atoms with E-state index in [2.05, 4.69) is 26.2 Å². The molecule has 0 fully saturated rings. The molecule has 0 saturated carbocycles. The van der Waals surface area contributed by atoms with E-state index >= 15 is 0 Å². The van der Waals surface area contributed by atoms with E-state index in [0.29, 0.717) is 4.47 Å². The first-order chi connectivity index (χ1) is 11.0. The van der Waals surface area contributed by atoms with Crippen LogP contribution in [0.1, 0.15) is 25.5 Å². The lowest BCUT2D eigenvalue weighted by Crippen LogP contribution is -2.23. The molecule has 3 aromatic rings. The van der Waals surface area contributed by atoms with Crippen molar-refractivity contribution in [1.29, 1.82) is 0 Å². The first kappa shape index (κ1) is 15.7. The number of nitrogens with one attached hydrogen (secondary N) is 1. The van der Waals surface area contributed by atoms with Crippen LogP contribution in [-0.4, -0.2) is 15.5 Å². The van der Waals surface area contributed by atoms with E-state index in [1.807, 2.05) is 29.7 Å². The van der Waals surface area contributed by atoms with Crippen LogP contribution in [0, 0.1) is 5.82 Å². The molecule has 0 saturated heterocycles. The predicted octanol–water partition coefficient (Wildman–Crippen LogP) is 4.12. The second-order valence-electron chi connectivity index (χ2n) is 5.38. The van der Waals surface area contributed by atoms with Gasteiger partial charge in [-0.1, -0.05) is 6.07 Å². The Kier molecular flexibility index (Phi) is 4.17. The van der Waals surface area contributed by atoms with Crippen LogP contribution in [0.5, 0.6) is 0 Å². The number of imidazole rings is 1. The Morgan fingerprint density at radius 2 is 2.09 bits per heavy atom. The highest BCUT2D eigenvalue weighted by Gasteiger charge is 2.11. The van der Waals surface area contributed by atoms with Crippen molar-refractivity contribution in [3.05, 3.63) is 58.6 Å². The molecule has 1 atom stereocenters. The highest BCUT2D eigenvalue weighted by atomic mass is 79.9. The minimum Gasteiger partial charge on any atom is -0.350 e. The molecule has 3 rings (SSSR count). The number of benzene rings is 2. The summed E-state index contributed by atoms with van der Waals surface area (Å²) in [5, 5.41) is 2.85. The number of fused-ring (bicyclic) bond motifs is 1. The van der Waals surface area contributed by atoms with Crippen LogP contribution >= 0.6 is 15.9 Å². The smallest absolute Gasteiger partial charge is 0.217 e. The normalized spacial score (nSPS) is 12.3. The summed E-state index contributed by atoms with van der Waals surface area (Å²) < 4.78 is 15.7. The molecule has 6 heteroatoms. The molecule has 0 spiro atoms. The number of rotatable bonds is 3. The summed E-state index contributed by atoms with van der Waals surface area (Å²) in [4.78, 5) is 15.6. The summed E-state index contributed by atoms with van der Waals surface area (Å²) in [5.41, 5.74) is 3.55. The molecule has 1 amide bonds. The number of halogens is 2. The van der Waals surface area contributed by atoms with E-state index in [4.69, 9.17) is 0 Å². The van der Waals surface area contributed by atoms with E-state index in [0.717, 1.165) is 22.3 Å². The van der Waals surface area contributed by atoms with Gasteiger partial charge in [-0.3, -0.25) is 9.36 Å². The van der Waals surface area contributed by atoms with Gasteiger partial charge < -0.3 is 5.32 Å². The number of hydrogen-bond donors (Lipinski definition) is 1. The molecular formula is C17H15BrFN3O. The van der Waals surface area contributed by atoms with E-state index in [9.17, 15) is 9.18 Å². The minimum absolute atomic E-state index is 0.0701. The van der Waals surface area contributed by atoms with Crippen molar-refractivity contribution in [3.63, 3.8) is 0 Å². The zero-order chi connectivity index (χ0) is 16.6. The van der Waals surface area contributed by atoms with Gasteiger partial charge in [0.05, 0.1) is 21.5 Å². The molecule has 2 aromatic carbocycles. The van der Waals surface area contributed by atoms with Gasteiger partial charge in [0.1, 0.15) is 12.1 Å². The van der Waals surface area contributed by atoms with Crippen molar-refractivity contribution in [2.45, 2.75) is 19.9 Å². The van der Waals surface area contributed by atoms with Crippen molar-refractivity contribution in [1.82, 2.24) is 14.9 Å². The highest BCUT2D eigenvalue weighted by Crippen LogP contribution is 2.25. The topological polar surface area (TPSA) is 46.9 Å². The van der Waals surface area contributed by atoms with E-state index in [1.165, 1.54) is 13.0 Å². The summed E-state index contributed by atoms with van der Waals surface area (Å²) in [6, 6.07) is 10.6. The van der Waals surface area contributed by atoms with Gasteiger partial charge >= 0.3 is 0 Å². The molecule has 0 bridgehead atoms. The van der Waals surface area contributed by atoms with Crippen molar-refractivity contribution >= 4 is 32.9 Å². The zero-order valence-corrected chi connectivity index (χ0v) is 14.3. The molecule has 118 valence electrons. The number of amides is 1. The molecule has 23 heavy (non-hydrogen) atoms. The van der Waals surface area contributed by atoms with Crippen LogP contribution in [0.25, 0.3) is 16.7 Å². The van der Waals surface area contributed by atoms with Crippen LogP contribution < -0.4 is 5.32 Å². The first-order valence-electron chi connectivity index (χ1n) is 7.15. The second kappa shape index (κ2) is 6.12. The van der Waals surface area contributed by atoms with Gasteiger partial charge in [0.2, 0.25) is 5.91 Å². The Morgan fingerprint density at radius 3 is 2.78 bits per heavy atom. The average molecular weight is 376 g/mol. The fourth-order valence-electron chi connectivity index (χ4n) is 2.53. The standard InChI is InChI=1S/C17H15BrFN3O/c1-10(21-11(2)23)12-3-6-17-16(7-12)20-9-22(17)13-4-5-15(19)14(18)8-13/h3-10H,1-2H3,(H,21,23)/t10-/m1/s1. The quantitative estimate of drug-likeness (QED) is 0.748. The number of carbonyl (C=O) groups is 1. The van der Waals surface area contributed by atoms with Gasteiger partial charge in [-0.2, -0.15) is 0 Å². The predicted molar refractivity (Wildman–Crippen MR) is 91.0 cm³/mol. The molecule has 0 radical (unpaired) electrons. The Morgan fingerprint density at radius 1 is 1.30 bits per heavy atom. The SMILES string of the molecule is CC(=O)N[C@H](C)c1ccc2c(c1)ncn2-c1ccc(F)c(Br)c1. The number of hydrogen-bond acceptors (Lipinski definition) is 2. The first-order valence-corrected chi connectivity index (χ1v) is 7.94. The van der Waals surface area contributed by atoms with Crippen LogP contribution in [0.3, 0.4) is 0 Å². The lowest BCUT2D eigenvalue weighted by Gasteiger charge is -2.13. The molecule has 1 N–H and O–H groups in total. The van der Waals surface area contributed by atoms with Gasteiger partial charge in [0.15, 0.2) is 0 Å². The molecule has 4 nitrogen and oxygen atoms in total. The number of carbonyl (C=O) groups excluding carboxylic acids is 1. The monoisotopic (exact) mass is 375 g/mol. The average Bonchev–Trinajstić information content (AvgIpc) is 2.92. The highest BCUT2D eigenvalue weighted by molar-refractivity contribution is 9.10. The van der Waals surface area contributed by atoms with Crippen LogP contribution in [0.2, 0.25) is 0 Å². The molecule has 0 unspecified atom stereocenters. The maximum atomic E-state index is 13.4. The Hall–Kier alpha value is -2.21. The largest absolute Gasteiger partial charge is 0.350 e. The Bertz CT molecular complexity index is 891. The van der Waals surface area contributed by atoms with Gasteiger partial charge in [0, 0.05) is 12.6 Å². The van der Waals surface area contributed by atoms with Gasteiger partial charge in [-0.25, -0.2) is 9.37 Å². The summed E-state index contributed by atoms with van der Waals surface area (Å²) in [6.07, 6.45) is 1.71. The number of aromatic nitrogens is 2. The van der Waals surface area contributed by atoms with E-state index < -0.39 is 0 Å². The lowest BCUT2D eigenvalue weighted by molar-refractivity contribution is -0.119. The third-order valence-electron chi connectivity index (χ3n) is 3.67. The summed E-state index contributed by atoms with van der Waals surface area (Å²) in [6.45, 7) is 3.42. The zero-order valence-electron chi connectivity index (χ0n) is 12.7. The van der Waals surface area contributed by atoms with Crippen molar-refractivity contribution < 1.29 is 9.18 Å².